The van der Waals surface area contributed by atoms with Crippen molar-refractivity contribution in [1.29, 1.82) is 0 Å². The topological polar surface area (TPSA) is 617 Å². The number of aliphatic carboxylic acids is 12. The zero-order valence-corrected chi connectivity index (χ0v) is 81.0. The molecule has 0 unspecified atom stereocenters. The summed E-state index contributed by atoms with van der Waals surface area (Å²) in [7, 11) is 0. The third-order valence-electron chi connectivity index (χ3n) is 18.8. The van der Waals surface area contributed by atoms with Crippen LogP contribution in [0.1, 0.15) is 34.2 Å². The summed E-state index contributed by atoms with van der Waals surface area (Å²) in [5, 5.41) is 134. The summed E-state index contributed by atoms with van der Waals surface area (Å²) in [5.41, 5.74) is 12.5. The second kappa shape index (κ2) is 57.8. The summed E-state index contributed by atoms with van der Waals surface area (Å²) in [6.07, 6.45) is 0. The van der Waals surface area contributed by atoms with Crippen LogP contribution in [0.4, 0.5) is 0 Å². The van der Waals surface area contributed by atoms with Crippen molar-refractivity contribution in [3.05, 3.63) is 271 Å². The molecule has 0 radical (unpaired) electrons. The van der Waals surface area contributed by atoms with Gasteiger partial charge in [-0.25, -0.2) is 44.9 Å². The molecule has 39 nitrogen and oxygen atoms in total. The van der Waals surface area contributed by atoms with Crippen LogP contribution in [0.15, 0.2) is 237 Å². The number of nitrogens with zero attached hydrogens (tertiary/aromatic N) is 15. The van der Waals surface area contributed by atoms with Crippen LogP contribution in [0.5, 0.6) is 0 Å². The smallest absolute Gasteiger partial charge is 0.549 e. The van der Waals surface area contributed by atoms with Gasteiger partial charge in [-0.05, 0) is 143 Å². The number of aromatic nitrogens is 9. The quantitative estimate of drug-likeness (QED) is 0.0342. The summed E-state index contributed by atoms with van der Waals surface area (Å²) in [4.78, 5) is 182. The minimum absolute atomic E-state index is 0. The molecule has 0 saturated carbocycles. The van der Waals surface area contributed by atoms with Gasteiger partial charge in [0, 0.05) is 118 Å². The van der Waals surface area contributed by atoms with Crippen molar-refractivity contribution in [2.75, 3.05) is 78.5 Å². The maximum atomic E-state index is 11.1. The maximum absolute atomic E-state index is 11.1. The van der Waals surface area contributed by atoms with Gasteiger partial charge >= 0.3 is 198 Å². The van der Waals surface area contributed by atoms with Crippen molar-refractivity contribution in [2.24, 2.45) is 0 Å². The van der Waals surface area contributed by atoms with E-state index in [1.54, 1.807) is 109 Å². The summed E-state index contributed by atoms with van der Waals surface area (Å²) in [6.45, 7) is -8.12. The number of carbonyl (C=O) groups excluding carboxylic acids is 12. The van der Waals surface area contributed by atoms with Crippen LogP contribution in [-0.2, 0) is 96.8 Å². The van der Waals surface area contributed by atoms with Gasteiger partial charge < -0.3 is 119 Å². The standard InChI is InChI=1S/3C31H29N5O8.4Eu/c3*37-28(38)16-35(17-29(39)40)14-22-8-4-10-24(32-22)26-12-21(20-6-2-1-3-7-20)13-27(34-26)25-11-5-9-23(33-25)15-36(18-30(41)42)19-31(43)44;;;;/h3*1-13H,14-19H2,(H,37,38)(H,39,40)(H,41,42)(H,43,44);;;;/q;;;4*+3/p-12. The summed E-state index contributed by atoms with van der Waals surface area (Å²) in [5.74, 6) is -17.3. The number of benzene rings is 3. The number of rotatable bonds is 45. The van der Waals surface area contributed by atoms with Gasteiger partial charge in [-0.2, -0.15) is 0 Å². The van der Waals surface area contributed by atoms with E-state index in [0.717, 1.165) is 62.8 Å². The van der Waals surface area contributed by atoms with E-state index in [9.17, 15) is 119 Å². The third-order valence-corrected chi connectivity index (χ3v) is 18.8. The van der Waals surface area contributed by atoms with Crippen molar-refractivity contribution >= 4 is 71.6 Å². The molecular weight excluding hydrogens is 2320 g/mol. The van der Waals surface area contributed by atoms with Gasteiger partial charge in [-0.3, -0.25) is 29.4 Å². The van der Waals surface area contributed by atoms with E-state index in [0.29, 0.717) is 102 Å². The van der Waals surface area contributed by atoms with Crippen LogP contribution in [0.2, 0.25) is 0 Å². The van der Waals surface area contributed by atoms with Crippen LogP contribution in [0, 0.1) is 198 Å². The molecule has 0 amide bonds. The van der Waals surface area contributed by atoms with Crippen LogP contribution in [0.3, 0.4) is 0 Å². The van der Waals surface area contributed by atoms with Crippen LogP contribution < -0.4 is 61.3 Å². The fraction of sp³-hybridized carbons (Fsp3) is 0.194. The second-order valence-corrected chi connectivity index (χ2v) is 29.4. The van der Waals surface area contributed by atoms with E-state index < -0.39 is 150 Å². The molecule has 0 fully saturated rings. The van der Waals surface area contributed by atoms with Crippen molar-refractivity contribution in [1.82, 2.24) is 74.3 Å². The molecule has 9 heterocycles. The van der Waals surface area contributed by atoms with Gasteiger partial charge in [0.25, 0.3) is 0 Å². The molecule has 3 aromatic carbocycles. The molecule has 694 valence electrons. The van der Waals surface area contributed by atoms with Crippen LogP contribution in [0.25, 0.3) is 102 Å². The second-order valence-electron chi connectivity index (χ2n) is 29.4. The molecular formula is C93H75Eu4N15O24. The van der Waals surface area contributed by atoms with E-state index in [1.165, 1.54) is 0 Å². The predicted molar refractivity (Wildman–Crippen MR) is 440 cm³/mol. The molecule has 9 aromatic heterocycles. The Morgan fingerprint density at radius 1 is 0.162 bits per heavy atom. The Hall–Kier alpha value is -10.3. The molecule has 0 saturated heterocycles. The summed E-state index contributed by atoms with van der Waals surface area (Å²) in [6, 6.07) is 69.3. The average molecular weight is 2390 g/mol. The Kier molecular flexibility index (Phi) is 48.7. The minimum atomic E-state index is -1.44. The number of hydrogen-bond acceptors (Lipinski definition) is 39. The number of hydrogen-bond donors (Lipinski definition) is 0. The Morgan fingerprint density at radius 3 is 0.419 bits per heavy atom. The number of carbonyl (C=O) groups is 12. The SMILES string of the molecule is O=C([O-])CN(CC(=O)[O-])Cc1cccc(-c2cc(-c3ccccc3)cc(-c3cccc(CN(CC(=O)[O-])CC(=O)[O-])n3)n2)n1.O=C([O-])CN(CC(=O)[O-])Cc1cccc(-c2cc(-c3ccccc3)cc(-c3cccc(CN(CC(=O)[O-])CC(=O)[O-])n3)n2)n1.O=C([O-])CN(CC(=O)[O-])Cc1cccc(-c2cc(-c3ccccc3)cc(-c3cccc(CN(CC(=O)[O-])CC(=O)[O-])n3)n2)n1.[Eu+3].[Eu+3].[Eu+3].[Eu+3]. The van der Waals surface area contributed by atoms with Crippen LogP contribution in [-0.4, -0.2) is 224 Å². The Morgan fingerprint density at radius 2 is 0.294 bits per heavy atom. The molecule has 0 N–H and O–H groups in total. The monoisotopic (exact) mass is 2400 g/mol. The summed E-state index contributed by atoms with van der Waals surface area (Å²) >= 11 is 0. The fourth-order valence-corrected chi connectivity index (χ4v) is 13.6. The largest absolute Gasteiger partial charge is 3.00 e. The van der Waals surface area contributed by atoms with Gasteiger partial charge in [-0.1, -0.05) is 127 Å². The Balaban J connectivity index is 0.000000309. The van der Waals surface area contributed by atoms with Gasteiger partial charge in [0.05, 0.1) is 174 Å². The van der Waals surface area contributed by atoms with Gasteiger partial charge in [-0.15, -0.1) is 0 Å². The Labute approximate surface area is 939 Å². The molecule has 136 heavy (non-hydrogen) atoms. The van der Waals surface area contributed by atoms with E-state index >= 15 is 0 Å². The van der Waals surface area contributed by atoms with E-state index in [-0.39, 0.29) is 237 Å². The van der Waals surface area contributed by atoms with Gasteiger partial charge in [0.2, 0.25) is 0 Å². The zero-order valence-electron chi connectivity index (χ0n) is 71.3. The van der Waals surface area contributed by atoms with E-state index in [4.69, 9.17) is 15.0 Å². The zero-order chi connectivity index (χ0) is 94.9. The number of carboxylic acid groups (broad SMARTS) is 12. The number of carboxylic acids is 12. The van der Waals surface area contributed by atoms with Crippen molar-refractivity contribution in [3.63, 3.8) is 0 Å². The molecule has 43 heteroatoms. The summed E-state index contributed by atoms with van der Waals surface area (Å²) < 4.78 is 0. The van der Waals surface area contributed by atoms with Gasteiger partial charge in [0.1, 0.15) is 0 Å². The molecule has 0 bridgehead atoms. The molecule has 0 aliphatic rings. The normalized spacial score (nSPS) is 10.7. The molecule has 12 aromatic rings. The maximum Gasteiger partial charge on any atom is 3.00 e. The van der Waals surface area contributed by atoms with Gasteiger partial charge in [0.15, 0.2) is 0 Å². The predicted octanol–water partition coefficient (Wildman–Crippen LogP) is -7.57. The first-order valence-electron chi connectivity index (χ1n) is 39.9. The van der Waals surface area contributed by atoms with E-state index in [2.05, 4.69) is 29.9 Å². The molecule has 0 atom stereocenters. The van der Waals surface area contributed by atoms with Crippen LogP contribution >= 0.6 is 0 Å². The van der Waals surface area contributed by atoms with Crippen molar-refractivity contribution in [2.45, 2.75) is 39.3 Å². The fourth-order valence-electron chi connectivity index (χ4n) is 13.6. The first-order valence-corrected chi connectivity index (χ1v) is 39.9. The van der Waals surface area contributed by atoms with Crippen molar-refractivity contribution < 1.29 is 316 Å². The molecule has 0 aliphatic carbocycles. The van der Waals surface area contributed by atoms with E-state index in [1.807, 2.05) is 127 Å². The minimum Gasteiger partial charge on any atom is -0.549 e. The number of pyridine rings is 9. The Bertz CT molecular complexity index is 5210. The van der Waals surface area contributed by atoms with Crippen molar-refractivity contribution in [3.8, 4) is 102 Å². The first kappa shape index (κ1) is 114. The molecule has 0 aliphatic heterocycles. The molecule has 12 rings (SSSR count). The molecule has 0 spiro atoms. The third kappa shape index (κ3) is 39.3. The first-order chi connectivity index (χ1) is 63.1. The average Bonchev–Trinajstić information content (AvgIpc) is 0.803.